The Bertz CT molecular complexity index is 544. The summed E-state index contributed by atoms with van der Waals surface area (Å²) >= 11 is 6.24. The van der Waals surface area contributed by atoms with Crippen molar-refractivity contribution >= 4 is 11.6 Å². The standard InChI is InChI=1S/C14H18ClN3O2/c1-19-13-10-11(3-4-16)9-12(15)14(13)20-8-7-18-6-2-5-17-18/h2,5-6,9-10H,3-4,7-8,16H2,1H3. The molecule has 20 heavy (non-hydrogen) atoms. The molecule has 0 atom stereocenters. The number of methoxy groups -OCH3 is 1. The van der Waals surface area contributed by atoms with E-state index in [4.69, 9.17) is 26.8 Å². The summed E-state index contributed by atoms with van der Waals surface area (Å²) in [6.07, 6.45) is 4.37. The van der Waals surface area contributed by atoms with Gasteiger partial charge in [-0.25, -0.2) is 0 Å². The molecule has 0 amide bonds. The summed E-state index contributed by atoms with van der Waals surface area (Å²) in [7, 11) is 1.60. The molecule has 0 saturated carbocycles. The number of rotatable bonds is 7. The molecule has 0 aliphatic rings. The van der Waals surface area contributed by atoms with Crippen molar-refractivity contribution in [2.75, 3.05) is 20.3 Å². The Morgan fingerprint density at radius 2 is 2.25 bits per heavy atom. The lowest BCUT2D eigenvalue weighted by atomic mass is 10.1. The molecule has 0 saturated heterocycles. The third kappa shape index (κ3) is 3.65. The summed E-state index contributed by atoms with van der Waals surface area (Å²) in [5, 5.41) is 4.64. The molecule has 0 radical (unpaired) electrons. The Kier molecular flexibility index (Phi) is 5.26. The van der Waals surface area contributed by atoms with E-state index < -0.39 is 0 Å². The largest absolute Gasteiger partial charge is 0.493 e. The lowest BCUT2D eigenvalue weighted by Crippen LogP contribution is -2.09. The summed E-state index contributed by atoms with van der Waals surface area (Å²) in [5.74, 6) is 1.18. The van der Waals surface area contributed by atoms with Crippen molar-refractivity contribution < 1.29 is 9.47 Å². The molecule has 2 N–H and O–H groups in total. The lowest BCUT2D eigenvalue weighted by Gasteiger charge is -2.14. The van der Waals surface area contributed by atoms with E-state index in [1.807, 2.05) is 24.4 Å². The van der Waals surface area contributed by atoms with Crippen LogP contribution in [0.3, 0.4) is 0 Å². The summed E-state index contributed by atoms with van der Waals surface area (Å²) in [4.78, 5) is 0. The van der Waals surface area contributed by atoms with Gasteiger partial charge in [0.05, 0.1) is 18.7 Å². The van der Waals surface area contributed by atoms with Crippen LogP contribution in [0, 0.1) is 0 Å². The minimum Gasteiger partial charge on any atom is -0.493 e. The Hall–Kier alpha value is -1.72. The highest BCUT2D eigenvalue weighted by Crippen LogP contribution is 2.36. The van der Waals surface area contributed by atoms with Gasteiger partial charge in [-0.3, -0.25) is 4.68 Å². The predicted octanol–water partition coefficient (Wildman–Crippen LogP) is 2.13. The SMILES string of the molecule is COc1cc(CCN)cc(Cl)c1OCCn1cccn1. The first kappa shape index (κ1) is 14.7. The molecule has 2 aromatic rings. The van der Waals surface area contributed by atoms with Crippen molar-refractivity contribution in [2.45, 2.75) is 13.0 Å². The summed E-state index contributed by atoms with van der Waals surface area (Å²) in [6.45, 7) is 1.68. The first-order valence-corrected chi connectivity index (χ1v) is 6.79. The van der Waals surface area contributed by atoms with E-state index in [9.17, 15) is 0 Å². The van der Waals surface area contributed by atoms with Crippen molar-refractivity contribution in [3.63, 3.8) is 0 Å². The van der Waals surface area contributed by atoms with Gasteiger partial charge >= 0.3 is 0 Å². The third-order valence-corrected chi connectivity index (χ3v) is 3.13. The van der Waals surface area contributed by atoms with Gasteiger partial charge in [0.2, 0.25) is 0 Å². The number of ether oxygens (including phenoxy) is 2. The highest BCUT2D eigenvalue weighted by molar-refractivity contribution is 6.32. The van der Waals surface area contributed by atoms with E-state index in [2.05, 4.69) is 5.10 Å². The topological polar surface area (TPSA) is 62.3 Å². The number of aromatic nitrogens is 2. The number of hydrogen-bond donors (Lipinski definition) is 1. The fraction of sp³-hybridized carbons (Fsp3) is 0.357. The van der Waals surface area contributed by atoms with Crippen LogP contribution in [-0.4, -0.2) is 30.0 Å². The molecule has 0 unspecified atom stereocenters. The first-order valence-electron chi connectivity index (χ1n) is 6.41. The van der Waals surface area contributed by atoms with E-state index in [-0.39, 0.29) is 0 Å². The Balaban J connectivity index is 2.06. The predicted molar refractivity (Wildman–Crippen MR) is 78.5 cm³/mol. The van der Waals surface area contributed by atoms with Gasteiger partial charge in [-0.15, -0.1) is 0 Å². The number of hydrogen-bond acceptors (Lipinski definition) is 4. The van der Waals surface area contributed by atoms with E-state index in [1.165, 1.54) is 0 Å². The van der Waals surface area contributed by atoms with Crippen molar-refractivity contribution in [1.82, 2.24) is 9.78 Å². The number of benzene rings is 1. The molecule has 2 rings (SSSR count). The van der Waals surface area contributed by atoms with Crippen LogP contribution in [-0.2, 0) is 13.0 Å². The molecule has 0 aliphatic heterocycles. The maximum Gasteiger partial charge on any atom is 0.179 e. The quantitative estimate of drug-likeness (QED) is 0.850. The summed E-state index contributed by atoms with van der Waals surface area (Å²) < 4.78 is 12.8. The van der Waals surface area contributed by atoms with E-state index >= 15 is 0 Å². The fourth-order valence-electron chi connectivity index (χ4n) is 1.90. The number of nitrogens with zero attached hydrogens (tertiary/aromatic N) is 2. The van der Waals surface area contributed by atoms with Gasteiger partial charge in [0, 0.05) is 12.4 Å². The molecule has 1 aromatic carbocycles. The molecule has 0 bridgehead atoms. The molecule has 0 spiro atoms. The van der Waals surface area contributed by atoms with Crippen molar-refractivity contribution in [2.24, 2.45) is 5.73 Å². The average molecular weight is 296 g/mol. The zero-order valence-corrected chi connectivity index (χ0v) is 12.1. The van der Waals surface area contributed by atoms with Crippen LogP contribution < -0.4 is 15.2 Å². The molecule has 1 heterocycles. The molecule has 1 aromatic heterocycles. The Morgan fingerprint density at radius 3 is 2.90 bits per heavy atom. The highest BCUT2D eigenvalue weighted by atomic mass is 35.5. The van der Waals surface area contributed by atoms with Crippen molar-refractivity contribution in [3.05, 3.63) is 41.2 Å². The van der Waals surface area contributed by atoms with Gasteiger partial charge in [0.25, 0.3) is 0 Å². The molecule has 6 heteroatoms. The Morgan fingerprint density at radius 1 is 1.40 bits per heavy atom. The van der Waals surface area contributed by atoms with E-state index in [1.54, 1.807) is 18.0 Å². The van der Waals surface area contributed by atoms with Gasteiger partial charge in [-0.05, 0) is 36.7 Å². The third-order valence-electron chi connectivity index (χ3n) is 2.85. The zero-order chi connectivity index (χ0) is 14.4. The molecular weight excluding hydrogens is 278 g/mol. The molecule has 108 valence electrons. The van der Waals surface area contributed by atoms with Crippen LogP contribution in [0.2, 0.25) is 5.02 Å². The highest BCUT2D eigenvalue weighted by Gasteiger charge is 2.11. The van der Waals surface area contributed by atoms with Crippen LogP contribution in [0.15, 0.2) is 30.6 Å². The second kappa shape index (κ2) is 7.17. The zero-order valence-electron chi connectivity index (χ0n) is 11.4. The normalized spacial score (nSPS) is 10.6. The first-order chi connectivity index (χ1) is 9.74. The number of nitrogens with two attached hydrogens (primary N) is 1. The second-order valence-corrected chi connectivity index (χ2v) is 4.67. The monoisotopic (exact) mass is 295 g/mol. The average Bonchev–Trinajstić information content (AvgIpc) is 2.94. The second-order valence-electron chi connectivity index (χ2n) is 4.27. The molecule has 5 nitrogen and oxygen atoms in total. The van der Waals surface area contributed by atoms with Crippen LogP contribution in [0.5, 0.6) is 11.5 Å². The minimum absolute atomic E-state index is 0.466. The van der Waals surface area contributed by atoms with Crippen LogP contribution in [0.25, 0.3) is 0 Å². The van der Waals surface area contributed by atoms with Gasteiger partial charge in [0.1, 0.15) is 6.61 Å². The van der Waals surface area contributed by atoms with Crippen molar-refractivity contribution in [1.29, 1.82) is 0 Å². The minimum atomic E-state index is 0.466. The van der Waals surface area contributed by atoms with Gasteiger partial charge in [-0.1, -0.05) is 11.6 Å². The maximum atomic E-state index is 6.24. The van der Waals surface area contributed by atoms with Gasteiger partial charge in [0.15, 0.2) is 11.5 Å². The Labute approximate surface area is 123 Å². The lowest BCUT2D eigenvalue weighted by molar-refractivity contribution is 0.274. The van der Waals surface area contributed by atoms with E-state index in [0.29, 0.717) is 36.2 Å². The van der Waals surface area contributed by atoms with Gasteiger partial charge < -0.3 is 15.2 Å². The molecule has 0 aliphatic carbocycles. The van der Waals surface area contributed by atoms with Gasteiger partial charge in [-0.2, -0.15) is 5.10 Å². The summed E-state index contributed by atoms with van der Waals surface area (Å²) in [6, 6.07) is 5.64. The number of halogens is 1. The van der Waals surface area contributed by atoms with E-state index in [0.717, 1.165) is 12.0 Å². The van der Waals surface area contributed by atoms with Crippen molar-refractivity contribution in [3.8, 4) is 11.5 Å². The molecular formula is C14H18ClN3O2. The fourth-order valence-corrected chi connectivity index (χ4v) is 2.19. The van der Waals surface area contributed by atoms with Crippen LogP contribution in [0.1, 0.15) is 5.56 Å². The van der Waals surface area contributed by atoms with Crippen LogP contribution in [0.4, 0.5) is 0 Å². The summed E-state index contributed by atoms with van der Waals surface area (Å²) in [5.41, 5.74) is 6.59. The van der Waals surface area contributed by atoms with Crippen LogP contribution >= 0.6 is 11.6 Å². The molecule has 0 fully saturated rings. The maximum absolute atomic E-state index is 6.24. The smallest absolute Gasteiger partial charge is 0.179 e.